The molecule has 5 nitrogen and oxygen atoms in total. The van der Waals surface area contributed by atoms with Gasteiger partial charge in [0.2, 0.25) is 5.91 Å². The topological polar surface area (TPSA) is 72.5 Å². The third-order valence-electron chi connectivity index (χ3n) is 5.31. The number of carbonyl (C=O) groups excluding carboxylic acids is 1. The summed E-state index contributed by atoms with van der Waals surface area (Å²) in [7, 11) is -1.52. The maximum atomic E-state index is 12.3. The van der Waals surface area contributed by atoms with E-state index in [1.165, 1.54) is 0 Å². The fraction of sp³-hybridized carbons (Fsp3) is 0.632. The minimum absolute atomic E-state index is 0.0346. The van der Waals surface area contributed by atoms with E-state index in [0.717, 1.165) is 49.8 Å². The highest BCUT2D eigenvalue weighted by Crippen LogP contribution is 2.41. The van der Waals surface area contributed by atoms with Crippen molar-refractivity contribution in [2.75, 3.05) is 12.9 Å². The van der Waals surface area contributed by atoms with Crippen LogP contribution >= 0.6 is 0 Å². The number of methoxy groups -OCH3 is 1. The number of hydrogen-bond donors (Lipinski definition) is 1. The van der Waals surface area contributed by atoms with E-state index in [1.807, 2.05) is 24.3 Å². The third kappa shape index (κ3) is 4.75. The van der Waals surface area contributed by atoms with E-state index >= 15 is 0 Å². The second-order valence-corrected chi connectivity index (χ2v) is 9.58. The molecule has 1 aromatic carbocycles. The minimum atomic E-state index is -3.15. The monoisotopic (exact) mass is 365 g/mol. The molecule has 0 saturated heterocycles. The lowest BCUT2D eigenvalue weighted by Crippen LogP contribution is -2.32. The lowest BCUT2D eigenvalue weighted by atomic mass is 10.0. The van der Waals surface area contributed by atoms with Gasteiger partial charge in [-0.2, -0.15) is 0 Å². The average molecular weight is 365 g/mol. The van der Waals surface area contributed by atoms with Crippen molar-refractivity contribution in [1.29, 1.82) is 0 Å². The first kappa shape index (κ1) is 18.2. The van der Waals surface area contributed by atoms with Gasteiger partial charge in [0.15, 0.2) is 9.84 Å². The highest BCUT2D eigenvalue weighted by atomic mass is 32.2. The Bertz CT molecular complexity index is 689. The quantitative estimate of drug-likeness (QED) is 0.769. The van der Waals surface area contributed by atoms with Gasteiger partial charge in [0.25, 0.3) is 0 Å². The second-order valence-electron chi connectivity index (χ2n) is 7.18. The van der Waals surface area contributed by atoms with Gasteiger partial charge < -0.3 is 10.1 Å². The van der Waals surface area contributed by atoms with Crippen molar-refractivity contribution in [2.45, 2.75) is 56.2 Å². The standard InChI is InChI=1S/C19H27NO4S/c1-24-16-10-8-15(9-11-16)19(14-6-7-14)20-18(21)12-13-25(22,23)17-4-2-3-5-17/h8-11,14,17,19H,2-7,12-13H2,1H3,(H,20,21)/t19-/m0/s1. The molecule has 1 aromatic rings. The molecule has 138 valence electrons. The number of ether oxygens (including phenoxy) is 1. The van der Waals surface area contributed by atoms with E-state index in [-0.39, 0.29) is 29.4 Å². The Morgan fingerprint density at radius 2 is 1.80 bits per heavy atom. The fourth-order valence-corrected chi connectivity index (χ4v) is 5.46. The molecular formula is C19H27NO4S. The van der Waals surface area contributed by atoms with Crippen molar-refractivity contribution in [2.24, 2.45) is 5.92 Å². The Morgan fingerprint density at radius 3 is 2.36 bits per heavy atom. The van der Waals surface area contributed by atoms with E-state index in [9.17, 15) is 13.2 Å². The number of nitrogens with one attached hydrogen (secondary N) is 1. The molecule has 2 aliphatic carbocycles. The van der Waals surface area contributed by atoms with E-state index in [0.29, 0.717) is 5.92 Å². The van der Waals surface area contributed by atoms with Crippen LogP contribution in [-0.4, -0.2) is 32.4 Å². The normalized spacial score (nSPS) is 19.6. The summed E-state index contributed by atoms with van der Waals surface area (Å²) in [4.78, 5) is 12.3. The van der Waals surface area contributed by atoms with Crippen LogP contribution in [0.5, 0.6) is 5.75 Å². The van der Waals surface area contributed by atoms with Gasteiger partial charge >= 0.3 is 0 Å². The molecule has 3 rings (SSSR count). The molecule has 0 aromatic heterocycles. The molecule has 0 heterocycles. The largest absolute Gasteiger partial charge is 0.497 e. The van der Waals surface area contributed by atoms with Crippen molar-refractivity contribution in [3.8, 4) is 5.75 Å². The molecule has 0 radical (unpaired) electrons. The van der Waals surface area contributed by atoms with Gasteiger partial charge in [-0.05, 0) is 49.3 Å². The first-order valence-corrected chi connectivity index (χ1v) is 10.9. The number of benzene rings is 1. The van der Waals surface area contributed by atoms with Crippen LogP contribution in [0.1, 0.15) is 56.6 Å². The molecule has 0 spiro atoms. The summed E-state index contributed by atoms with van der Waals surface area (Å²) in [6, 6.07) is 7.69. The smallest absolute Gasteiger partial charge is 0.221 e. The van der Waals surface area contributed by atoms with E-state index < -0.39 is 9.84 Å². The number of amides is 1. The lowest BCUT2D eigenvalue weighted by Gasteiger charge is -2.19. The van der Waals surface area contributed by atoms with Crippen LogP contribution < -0.4 is 10.1 Å². The molecular weight excluding hydrogens is 338 g/mol. The summed E-state index contributed by atoms with van der Waals surface area (Å²) in [6.45, 7) is 0. The van der Waals surface area contributed by atoms with Crippen LogP contribution in [0.25, 0.3) is 0 Å². The Labute approximate surface area is 150 Å². The third-order valence-corrected chi connectivity index (χ3v) is 7.57. The van der Waals surface area contributed by atoms with Crippen LogP contribution in [0.4, 0.5) is 0 Å². The lowest BCUT2D eigenvalue weighted by molar-refractivity contribution is -0.121. The van der Waals surface area contributed by atoms with Gasteiger partial charge in [0.05, 0.1) is 24.2 Å². The maximum Gasteiger partial charge on any atom is 0.221 e. The molecule has 1 amide bonds. The summed E-state index contributed by atoms with van der Waals surface area (Å²) in [5.41, 5.74) is 1.05. The Hall–Kier alpha value is -1.56. The predicted octanol–water partition coefficient (Wildman–Crippen LogP) is 3.01. The highest BCUT2D eigenvalue weighted by molar-refractivity contribution is 7.92. The Morgan fingerprint density at radius 1 is 1.16 bits per heavy atom. The van der Waals surface area contributed by atoms with Crippen molar-refractivity contribution in [1.82, 2.24) is 5.32 Å². The van der Waals surface area contributed by atoms with E-state index in [2.05, 4.69) is 5.32 Å². The van der Waals surface area contributed by atoms with Gasteiger partial charge in [0.1, 0.15) is 5.75 Å². The number of hydrogen-bond acceptors (Lipinski definition) is 4. The molecule has 2 saturated carbocycles. The fourth-order valence-electron chi connectivity index (χ4n) is 3.61. The van der Waals surface area contributed by atoms with Crippen LogP contribution in [0.3, 0.4) is 0 Å². The number of rotatable bonds is 8. The van der Waals surface area contributed by atoms with Crippen molar-refractivity contribution >= 4 is 15.7 Å². The molecule has 6 heteroatoms. The molecule has 2 aliphatic rings. The molecule has 1 N–H and O–H groups in total. The first-order valence-electron chi connectivity index (χ1n) is 9.14. The molecule has 25 heavy (non-hydrogen) atoms. The second kappa shape index (κ2) is 7.77. The average Bonchev–Trinajstić information content (AvgIpc) is 3.30. The number of carbonyl (C=O) groups is 1. The van der Waals surface area contributed by atoms with Crippen molar-refractivity contribution in [3.05, 3.63) is 29.8 Å². The highest BCUT2D eigenvalue weighted by Gasteiger charge is 2.34. The Kier molecular flexibility index (Phi) is 5.67. The molecule has 0 unspecified atom stereocenters. The molecule has 2 fully saturated rings. The minimum Gasteiger partial charge on any atom is -0.497 e. The molecule has 1 atom stereocenters. The van der Waals surface area contributed by atoms with Crippen LogP contribution in [0.2, 0.25) is 0 Å². The summed E-state index contributed by atoms with van der Waals surface area (Å²) in [6.07, 6.45) is 5.71. The zero-order chi connectivity index (χ0) is 17.9. The first-order chi connectivity index (χ1) is 12.0. The predicted molar refractivity (Wildman–Crippen MR) is 97.3 cm³/mol. The van der Waals surface area contributed by atoms with Crippen molar-refractivity contribution in [3.63, 3.8) is 0 Å². The Balaban J connectivity index is 1.57. The van der Waals surface area contributed by atoms with Gasteiger partial charge in [-0.3, -0.25) is 4.79 Å². The van der Waals surface area contributed by atoms with Gasteiger partial charge in [-0.25, -0.2) is 8.42 Å². The summed E-state index contributed by atoms with van der Waals surface area (Å²) in [5.74, 6) is 1.02. The summed E-state index contributed by atoms with van der Waals surface area (Å²) in [5, 5.41) is 2.82. The van der Waals surface area contributed by atoms with Crippen LogP contribution in [0, 0.1) is 5.92 Å². The van der Waals surface area contributed by atoms with Crippen molar-refractivity contribution < 1.29 is 17.9 Å². The van der Waals surface area contributed by atoms with Gasteiger partial charge in [-0.15, -0.1) is 0 Å². The maximum absolute atomic E-state index is 12.3. The number of sulfone groups is 1. The summed E-state index contributed by atoms with van der Waals surface area (Å²) >= 11 is 0. The van der Waals surface area contributed by atoms with E-state index in [4.69, 9.17) is 4.74 Å². The van der Waals surface area contributed by atoms with Crippen LogP contribution in [0.15, 0.2) is 24.3 Å². The zero-order valence-corrected chi connectivity index (χ0v) is 15.6. The van der Waals surface area contributed by atoms with E-state index in [1.54, 1.807) is 7.11 Å². The zero-order valence-electron chi connectivity index (χ0n) is 14.7. The summed E-state index contributed by atoms with van der Waals surface area (Å²) < 4.78 is 29.8. The molecule has 0 aliphatic heterocycles. The van der Waals surface area contributed by atoms with Crippen LogP contribution in [-0.2, 0) is 14.6 Å². The SMILES string of the molecule is COc1ccc([C@@H](NC(=O)CCS(=O)(=O)C2CCCC2)C2CC2)cc1. The molecule has 0 bridgehead atoms. The van der Waals surface area contributed by atoms with Gasteiger partial charge in [-0.1, -0.05) is 25.0 Å². The van der Waals surface area contributed by atoms with Gasteiger partial charge in [0, 0.05) is 6.42 Å².